The first-order valence-electron chi connectivity index (χ1n) is 7.80. The Labute approximate surface area is 157 Å². The summed E-state index contributed by atoms with van der Waals surface area (Å²) in [4.78, 5) is 30.5. The lowest BCUT2D eigenvalue weighted by molar-refractivity contribution is -0.170. The number of sulfone groups is 2. The van der Waals surface area contributed by atoms with Gasteiger partial charge < -0.3 is 20.4 Å². The molecule has 0 aliphatic rings. The fraction of sp³-hybridized carbons (Fsp3) is 0.786. The quantitative estimate of drug-likeness (QED) is 0.352. The van der Waals surface area contributed by atoms with E-state index in [1.807, 2.05) is 0 Å². The second-order valence-electron chi connectivity index (χ2n) is 5.77. The molecule has 11 nitrogen and oxygen atoms in total. The maximum absolute atomic E-state index is 11.7. The Balaban J connectivity index is 0. The molecule has 0 amide bonds. The van der Waals surface area contributed by atoms with E-state index in [1.54, 1.807) is 6.92 Å². The lowest BCUT2D eigenvalue weighted by Gasteiger charge is -2.26. The maximum atomic E-state index is 11.7. The van der Waals surface area contributed by atoms with Gasteiger partial charge in [0.15, 0.2) is 29.4 Å². The zero-order chi connectivity index (χ0) is 22.3. The van der Waals surface area contributed by atoms with E-state index in [0.717, 1.165) is 0 Å². The van der Waals surface area contributed by atoms with Crippen molar-refractivity contribution in [3.63, 3.8) is 0 Å². The van der Waals surface area contributed by atoms with E-state index < -0.39 is 60.1 Å². The van der Waals surface area contributed by atoms with Gasteiger partial charge in [0.1, 0.15) is 0 Å². The molecule has 0 aliphatic heterocycles. The largest absolute Gasteiger partial charge is 0.481 e. The number of carboxylic acid groups (broad SMARTS) is 3. The van der Waals surface area contributed by atoms with Gasteiger partial charge in [-0.05, 0) is 13.3 Å². The molecule has 0 radical (unpaired) electrons. The number of rotatable bonds is 10. The number of carboxylic acids is 3. The molecule has 0 aromatic rings. The molecule has 0 atom stereocenters. The highest BCUT2D eigenvalue weighted by atomic mass is 32.3. The number of hydrogen-bond donors (Lipinski definition) is 4. The van der Waals surface area contributed by atoms with Crippen LogP contribution in [-0.4, -0.2) is 76.4 Å². The van der Waals surface area contributed by atoms with Gasteiger partial charge in [0, 0.05) is 11.5 Å². The Bertz CT molecular complexity index is 700. The molecule has 0 heterocycles. The van der Waals surface area contributed by atoms with E-state index >= 15 is 0 Å². The lowest BCUT2D eigenvalue weighted by Crippen LogP contribution is -2.44. The molecule has 27 heavy (non-hydrogen) atoms. The monoisotopic (exact) mass is 434 g/mol. The van der Waals surface area contributed by atoms with E-state index in [0.29, 0.717) is 0 Å². The third-order valence-corrected chi connectivity index (χ3v) is 10.3. The van der Waals surface area contributed by atoms with Crippen LogP contribution in [0.15, 0.2) is 0 Å². The molecule has 0 saturated carbocycles. The summed E-state index contributed by atoms with van der Waals surface area (Å²) in [6, 6.07) is 0. The highest BCUT2D eigenvalue weighted by Crippen LogP contribution is 2.29. The maximum Gasteiger partial charge on any atom is 0.336 e. The highest BCUT2D eigenvalue weighted by Gasteiger charge is 2.47. The Kier molecular flexibility index (Phi) is 10.2. The van der Waals surface area contributed by atoms with E-state index in [9.17, 15) is 31.2 Å². The van der Waals surface area contributed by atoms with Gasteiger partial charge >= 0.3 is 17.9 Å². The first-order chi connectivity index (χ1) is 12.0. The zero-order valence-corrected chi connectivity index (χ0v) is 17.1. The van der Waals surface area contributed by atoms with Crippen LogP contribution in [0.25, 0.3) is 0 Å². The average molecular weight is 434 g/mol. The van der Waals surface area contributed by atoms with Gasteiger partial charge in [-0.1, -0.05) is 20.8 Å². The molecule has 13 heteroatoms. The SMILES string of the molecule is CCC(C)(S(=O)(=O)CC)S(=O)(=O)CC.O=C(O)CC(O)(CC(=O)O)C(=O)O. The van der Waals surface area contributed by atoms with Gasteiger partial charge in [-0.2, -0.15) is 0 Å². The summed E-state index contributed by atoms with van der Waals surface area (Å²) >= 11 is 0. The lowest BCUT2D eigenvalue weighted by atomic mass is 9.96. The summed E-state index contributed by atoms with van der Waals surface area (Å²) < 4.78 is 45.1. The molecule has 0 spiro atoms. The minimum Gasteiger partial charge on any atom is -0.481 e. The average Bonchev–Trinajstić information content (AvgIpc) is 2.52. The van der Waals surface area contributed by atoms with Crippen molar-refractivity contribution >= 4 is 37.6 Å². The second-order valence-corrected chi connectivity index (χ2v) is 11.4. The first-order valence-corrected chi connectivity index (χ1v) is 11.1. The summed E-state index contributed by atoms with van der Waals surface area (Å²) in [5.74, 6) is -5.30. The van der Waals surface area contributed by atoms with E-state index in [1.165, 1.54) is 20.8 Å². The normalized spacial score (nSPS) is 12.6. The second kappa shape index (κ2) is 9.99. The van der Waals surface area contributed by atoms with Crippen LogP contribution in [-0.2, 0) is 34.1 Å². The first kappa shape index (κ1) is 27.5. The highest BCUT2D eigenvalue weighted by molar-refractivity contribution is 8.10. The van der Waals surface area contributed by atoms with Gasteiger partial charge in [-0.3, -0.25) is 9.59 Å². The summed E-state index contributed by atoms with van der Waals surface area (Å²) in [7, 11) is -7.14. The van der Waals surface area contributed by atoms with Crippen LogP contribution in [0, 0.1) is 0 Å². The summed E-state index contributed by atoms with van der Waals surface area (Å²) in [6.07, 6.45) is -2.19. The minimum absolute atomic E-state index is 0.0966. The molecule has 0 bridgehead atoms. The van der Waals surface area contributed by atoms with Crippen molar-refractivity contribution in [3.05, 3.63) is 0 Å². The van der Waals surface area contributed by atoms with E-state index in [-0.39, 0.29) is 17.9 Å². The summed E-state index contributed by atoms with van der Waals surface area (Å²) in [5.41, 5.74) is -2.74. The van der Waals surface area contributed by atoms with Gasteiger partial charge in [-0.15, -0.1) is 0 Å². The van der Waals surface area contributed by atoms with Gasteiger partial charge in [-0.25, -0.2) is 21.6 Å². The molecule has 0 aromatic heterocycles. The van der Waals surface area contributed by atoms with Crippen molar-refractivity contribution in [2.75, 3.05) is 11.5 Å². The van der Waals surface area contributed by atoms with Gasteiger partial charge in [0.2, 0.25) is 0 Å². The fourth-order valence-corrected chi connectivity index (χ4v) is 6.31. The van der Waals surface area contributed by atoms with Crippen molar-refractivity contribution in [3.8, 4) is 0 Å². The van der Waals surface area contributed by atoms with Gasteiger partial charge in [0.25, 0.3) is 0 Å². The zero-order valence-electron chi connectivity index (χ0n) is 15.5. The third-order valence-electron chi connectivity index (χ3n) is 4.00. The van der Waals surface area contributed by atoms with Crippen molar-refractivity contribution < 1.29 is 51.6 Å². The molecule has 0 rings (SSSR count). The molecule has 0 aliphatic carbocycles. The van der Waals surface area contributed by atoms with Gasteiger partial charge in [0.05, 0.1) is 12.8 Å². The van der Waals surface area contributed by atoms with Crippen LogP contribution >= 0.6 is 0 Å². The van der Waals surface area contributed by atoms with Crippen LogP contribution in [0.4, 0.5) is 0 Å². The molecule has 4 N–H and O–H groups in total. The van der Waals surface area contributed by atoms with Crippen molar-refractivity contribution in [1.82, 2.24) is 0 Å². The Morgan fingerprint density at radius 1 is 0.778 bits per heavy atom. The molecule has 0 saturated heterocycles. The van der Waals surface area contributed by atoms with Crippen molar-refractivity contribution in [2.45, 2.75) is 56.6 Å². The molecular weight excluding hydrogens is 408 g/mol. The number of aliphatic hydroxyl groups is 1. The van der Waals surface area contributed by atoms with E-state index in [2.05, 4.69) is 0 Å². The number of hydrogen-bond acceptors (Lipinski definition) is 8. The van der Waals surface area contributed by atoms with Crippen molar-refractivity contribution in [2.24, 2.45) is 0 Å². The van der Waals surface area contributed by atoms with Crippen LogP contribution in [0.5, 0.6) is 0 Å². The predicted molar refractivity (Wildman–Crippen MR) is 94.7 cm³/mol. The smallest absolute Gasteiger partial charge is 0.336 e. The topological polar surface area (TPSA) is 200 Å². The molecule has 0 unspecified atom stereocenters. The Morgan fingerprint density at radius 2 is 1.07 bits per heavy atom. The molecular formula is C14H26O11S2. The Hall–Kier alpha value is -1.73. The number of carbonyl (C=O) groups is 3. The van der Waals surface area contributed by atoms with Crippen LogP contribution in [0.3, 0.4) is 0 Å². The fourth-order valence-electron chi connectivity index (χ4n) is 1.96. The molecule has 0 fully saturated rings. The molecule has 0 aromatic carbocycles. The van der Waals surface area contributed by atoms with Crippen LogP contribution in [0.2, 0.25) is 0 Å². The van der Waals surface area contributed by atoms with E-state index in [4.69, 9.17) is 20.4 Å². The van der Waals surface area contributed by atoms with Crippen LogP contribution in [0.1, 0.15) is 47.0 Å². The minimum atomic E-state index is -3.57. The molecule has 160 valence electrons. The standard InChI is InChI=1S/C8H18O4S2.C6H8O7/c1-5-8(4,13(9,10)6-2)14(11,12)7-3;7-3(8)1-6(13,5(11)12)2-4(9)10/h5-7H2,1-4H3;13H,1-2H2,(H,7,8)(H,9,10)(H,11,12). The van der Waals surface area contributed by atoms with Crippen LogP contribution < -0.4 is 0 Å². The Morgan fingerprint density at radius 3 is 1.22 bits per heavy atom. The van der Waals surface area contributed by atoms with Crippen molar-refractivity contribution in [1.29, 1.82) is 0 Å². The predicted octanol–water partition coefficient (Wildman–Crippen LogP) is -0.266. The summed E-state index contributed by atoms with van der Waals surface area (Å²) in [6.45, 7) is 5.81. The summed E-state index contributed by atoms with van der Waals surface area (Å²) in [5, 5.41) is 33.8. The number of aliphatic carboxylic acids is 3. The third kappa shape index (κ3) is 7.07.